The lowest BCUT2D eigenvalue weighted by Gasteiger charge is -2.32. The number of rotatable bonds is 5. The van der Waals surface area contributed by atoms with Gasteiger partial charge in [-0.15, -0.1) is 11.3 Å². The van der Waals surface area contributed by atoms with Crippen molar-refractivity contribution in [3.05, 3.63) is 16.6 Å². The first-order valence-corrected chi connectivity index (χ1v) is 8.09. The van der Waals surface area contributed by atoms with Crippen molar-refractivity contribution in [3.8, 4) is 0 Å². The minimum atomic E-state index is 0.0100. The smallest absolute Gasteiger partial charge is 0.273 e. The SMILES string of the molecule is CCCC(=O)NCC1CCCN(C(=O)c2cscn2)C1. The Labute approximate surface area is 123 Å². The largest absolute Gasteiger partial charge is 0.356 e. The highest BCUT2D eigenvalue weighted by Gasteiger charge is 2.25. The van der Waals surface area contributed by atoms with Crippen LogP contribution >= 0.6 is 11.3 Å². The zero-order valence-corrected chi connectivity index (χ0v) is 12.6. The van der Waals surface area contributed by atoms with E-state index in [-0.39, 0.29) is 11.8 Å². The third-order valence-electron chi connectivity index (χ3n) is 3.52. The zero-order valence-electron chi connectivity index (χ0n) is 11.8. The fourth-order valence-corrected chi connectivity index (χ4v) is 3.00. The van der Waals surface area contributed by atoms with Crippen molar-refractivity contribution in [2.45, 2.75) is 32.6 Å². The van der Waals surface area contributed by atoms with Crippen LogP contribution in [0.25, 0.3) is 0 Å². The topological polar surface area (TPSA) is 62.3 Å². The molecule has 0 spiro atoms. The van der Waals surface area contributed by atoms with Crippen molar-refractivity contribution in [2.75, 3.05) is 19.6 Å². The van der Waals surface area contributed by atoms with Gasteiger partial charge in [0.15, 0.2) is 0 Å². The Bertz CT molecular complexity index is 447. The average molecular weight is 295 g/mol. The first-order chi connectivity index (χ1) is 9.70. The summed E-state index contributed by atoms with van der Waals surface area (Å²) >= 11 is 1.44. The fourth-order valence-electron chi connectivity index (χ4n) is 2.47. The molecule has 5 nitrogen and oxygen atoms in total. The minimum Gasteiger partial charge on any atom is -0.356 e. The molecular formula is C14H21N3O2S. The summed E-state index contributed by atoms with van der Waals surface area (Å²) in [5.41, 5.74) is 2.21. The second-order valence-corrected chi connectivity index (χ2v) is 5.91. The van der Waals surface area contributed by atoms with Crippen molar-refractivity contribution >= 4 is 23.2 Å². The minimum absolute atomic E-state index is 0.0100. The molecular weight excluding hydrogens is 274 g/mol. The number of aromatic nitrogens is 1. The van der Waals surface area contributed by atoms with Crippen LogP contribution in [-0.4, -0.2) is 41.3 Å². The van der Waals surface area contributed by atoms with E-state index in [0.29, 0.717) is 31.1 Å². The molecule has 1 aliphatic heterocycles. The van der Waals surface area contributed by atoms with Crippen molar-refractivity contribution in [1.82, 2.24) is 15.2 Å². The number of nitrogens with one attached hydrogen (secondary N) is 1. The van der Waals surface area contributed by atoms with Gasteiger partial charge in [-0.1, -0.05) is 6.92 Å². The van der Waals surface area contributed by atoms with Crippen LogP contribution < -0.4 is 5.32 Å². The lowest BCUT2D eigenvalue weighted by Crippen LogP contribution is -2.43. The molecule has 2 rings (SSSR count). The van der Waals surface area contributed by atoms with Gasteiger partial charge in [0.2, 0.25) is 5.91 Å². The molecule has 1 fully saturated rings. The molecule has 0 aromatic carbocycles. The standard InChI is InChI=1S/C14H21N3O2S/c1-2-4-13(18)15-7-11-5-3-6-17(8-11)14(19)12-9-20-10-16-12/h9-11H,2-8H2,1H3,(H,15,18). The molecule has 1 N–H and O–H groups in total. The molecule has 1 atom stereocenters. The van der Waals surface area contributed by atoms with Gasteiger partial charge < -0.3 is 10.2 Å². The number of likely N-dealkylation sites (tertiary alicyclic amines) is 1. The number of piperidine rings is 1. The van der Waals surface area contributed by atoms with Crippen LogP contribution in [0.5, 0.6) is 0 Å². The molecule has 0 bridgehead atoms. The summed E-state index contributed by atoms with van der Waals surface area (Å²) in [5, 5.41) is 4.74. The van der Waals surface area contributed by atoms with E-state index in [2.05, 4.69) is 10.3 Å². The van der Waals surface area contributed by atoms with Gasteiger partial charge in [-0.05, 0) is 25.2 Å². The van der Waals surface area contributed by atoms with Crippen LogP contribution in [0.3, 0.4) is 0 Å². The summed E-state index contributed by atoms with van der Waals surface area (Å²) in [6.07, 6.45) is 3.50. The summed E-state index contributed by atoms with van der Waals surface area (Å²) in [5.74, 6) is 0.471. The predicted molar refractivity (Wildman–Crippen MR) is 78.7 cm³/mol. The van der Waals surface area contributed by atoms with Gasteiger partial charge in [0.05, 0.1) is 5.51 Å². The average Bonchev–Trinajstić information content (AvgIpc) is 2.99. The number of nitrogens with zero attached hydrogens (tertiary/aromatic N) is 2. The highest BCUT2D eigenvalue weighted by molar-refractivity contribution is 7.07. The van der Waals surface area contributed by atoms with E-state index in [1.807, 2.05) is 11.8 Å². The molecule has 110 valence electrons. The van der Waals surface area contributed by atoms with Crippen LogP contribution in [0.1, 0.15) is 43.1 Å². The van der Waals surface area contributed by atoms with Crippen LogP contribution in [-0.2, 0) is 4.79 Å². The molecule has 2 amide bonds. The number of carbonyl (C=O) groups is 2. The Balaban J connectivity index is 1.82. The predicted octanol–water partition coefficient (Wildman–Crippen LogP) is 1.91. The fraction of sp³-hybridized carbons (Fsp3) is 0.643. The number of thiazole rings is 1. The van der Waals surface area contributed by atoms with Gasteiger partial charge in [-0.2, -0.15) is 0 Å². The van der Waals surface area contributed by atoms with Gasteiger partial charge in [0, 0.05) is 31.4 Å². The molecule has 1 unspecified atom stereocenters. The maximum absolute atomic E-state index is 12.2. The van der Waals surface area contributed by atoms with Gasteiger partial charge in [-0.25, -0.2) is 4.98 Å². The Morgan fingerprint density at radius 3 is 3.10 bits per heavy atom. The van der Waals surface area contributed by atoms with Crippen LogP contribution in [0, 0.1) is 5.92 Å². The molecule has 0 radical (unpaired) electrons. The first kappa shape index (κ1) is 15.0. The Morgan fingerprint density at radius 1 is 1.55 bits per heavy atom. The van der Waals surface area contributed by atoms with E-state index in [0.717, 1.165) is 25.8 Å². The first-order valence-electron chi connectivity index (χ1n) is 7.15. The van der Waals surface area contributed by atoms with E-state index in [1.54, 1.807) is 10.9 Å². The van der Waals surface area contributed by atoms with Gasteiger partial charge >= 0.3 is 0 Å². The number of amides is 2. The zero-order chi connectivity index (χ0) is 14.4. The summed E-state index contributed by atoms with van der Waals surface area (Å²) in [4.78, 5) is 29.6. The lowest BCUT2D eigenvalue weighted by molar-refractivity contribution is -0.121. The van der Waals surface area contributed by atoms with Crippen molar-refractivity contribution in [3.63, 3.8) is 0 Å². The van der Waals surface area contributed by atoms with Gasteiger partial charge in [0.1, 0.15) is 5.69 Å². The molecule has 20 heavy (non-hydrogen) atoms. The molecule has 1 aromatic rings. The molecule has 0 aliphatic carbocycles. The van der Waals surface area contributed by atoms with Gasteiger partial charge in [0.25, 0.3) is 5.91 Å². The third-order valence-corrected chi connectivity index (χ3v) is 4.11. The third kappa shape index (κ3) is 4.03. The summed E-state index contributed by atoms with van der Waals surface area (Å²) < 4.78 is 0. The molecule has 1 aromatic heterocycles. The quantitative estimate of drug-likeness (QED) is 0.902. The van der Waals surface area contributed by atoms with E-state index in [4.69, 9.17) is 0 Å². The van der Waals surface area contributed by atoms with E-state index < -0.39 is 0 Å². The van der Waals surface area contributed by atoms with Crippen LogP contribution in [0.2, 0.25) is 0 Å². The molecule has 2 heterocycles. The molecule has 0 saturated carbocycles. The Morgan fingerprint density at radius 2 is 2.40 bits per heavy atom. The highest BCUT2D eigenvalue weighted by atomic mass is 32.1. The van der Waals surface area contributed by atoms with E-state index >= 15 is 0 Å². The normalized spacial score (nSPS) is 18.9. The maximum Gasteiger partial charge on any atom is 0.273 e. The second kappa shape index (κ2) is 7.38. The van der Waals surface area contributed by atoms with Crippen molar-refractivity contribution < 1.29 is 9.59 Å². The Kier molecular flexibility index (Phi) is 5.52. The second-order valence-electron chi connectivity index (χ2n) is 5.19. The van der Waals surface area contributed by atoms with Crippen LogP contribution in [0.15, 0.2) is 10.9 Å². The van der Waals surface area contributed by atoms with E-state index in [9.17, 15) is 9.59 Å². The molecule has 1 aliphatic rings. The maximum atomic E-state index is 12.2. The summed E-state index contributed by atoms with van der Waals surface area (Å²) in [6.45, 7) is 4.16. The summed E-state index contributed by atoms with van der Waals surface area (Å²) in [7, 11) is 0. The van der Waals surface area contributed by atoms with Crippen LogP contribution in [0.4, 0.5) is 0 Å². The molecule has 1 saturated heterocycles. The highest BCUT2D eigenvalue weighted by Crippen LogP contribution is 2.18. The van der Waals surface area contributed by atoms with E-state index in [1.165, 1.54) is 11.3 Å². The van der Waals surface area contributed by atoms with Gasteiger partial charge in [-0.3, -0.25) is 9.59 Å². The number of carbonyl (C=O) groups excluding carboxylic acids is 2. The monoisotopic (exact) mass is 295 g/mol. The molecule has 6 heteroatoms. The van der Waals surface area contributed by atoms with Crippen molar-refractivity contribution in [1.29, 1.82) is 0 Å². The number of hydrogen-bond acceptors (Lipinski definition) is 4. The lowest BCUT2D eigenvalue weighted by atomic mass is 9.97. The summed E-state index contributed by atoms with van der Waals surface area (Å²) in [6, 6.07) is 0. The Hall–Kier alpha value is -1.43. The number of hydrogen-bond donors (Lipinski definition) is 1. The van der Waals surface area contributed by atoms with Crippen molar-refractivity contribution in [2.24, 2.45) is 5.92 Å².